The number of ether oxygens (including phenoxy) is 1. The van der Waals surface area contributed by atoms with Crippen molar-refractivity contribution in [3.8, 4) is 0 Å². The van der Waals surface area contributed by atoms with Crippen molar-refractivity contribution in [1.29, 1.82) is 0 Å². The van der Waals surface area contributed by atoms with Gasteiger partial charge in [-0.1, -0.05) is 0 Å². The predicted molar refractivity (Wildman–Crippen MR) is 73.1 cm³/mol. The first-order valence-electron chi connectivity index (χ1n) is 6.35. The SMILES string of the molecule is CC(C)(CNC1CCOC(C)(C)C1)NS(C)(=O)=O. The quantitative estimate of drug-likeness (QED) is 0.783. The molecule has 18 heavy (non-hydrogen) atoms. The second-order valence-corrected chi connectivity index (χ2v) is 8.19. The Hall–Kier alpha value is -0.170. The summed E-state index contributed by atoms with van der Waals surface area (Å²) in [6.45, 7) is 9.30. The van der Waals surface area contributed by atoms with Gasteiger partial charge in [-0.05, 0) is 40.5 Å². The molecule has 1 atom stereocenters. The standard InChI is InChI=1S/C12H26N2O3S/c1-11(2,14-18(5,15)16)9-13-10-6-7-17-12(3,4)8-10/h10,13-14H,6-9H2,1-5H3. The van der Waals surface area contributed by atoms with Crippen LogP contribution in [-0.4, -0.2) is 45.0 Å². The Morgan fingerprint density at radius 2 is 2.00 bits per heavy atom. The van der Waals surface area contributed by atoms with Crippen LogP contribution in [-0.2, 0) is 14.8 Å². The van der Waals surface area contributed by atoms with E-state index >= 15 is 0 Å². The minimum Gasteiger partial charge on any atom is -0.375 e. The zero-order valence-corrected chi connectivity index (χ0v) is 12.9. The van der Waals surface area contributed by atoms with E-state index in [1.165, 1.54) is 6.26 Å². The van der Waals surface area contributed by atoms with Crippen LogP contribution in [0, 0.1) is 0 Å². The second kappa shape index (κ2) is 5.45. The van der Waals surface area contributed by atoms with Crippen LogP contribution in [0.25, 0.3) is 0 Å². The zero-order chi connectivity index (χ0) is 14.0. The lowest BCUT2D eigenvalue weighted by Gasteiger charge is -2.37. The first-order valence-corrected chi connectivity index (χ1v) is 8.25. The molecule has 2 N–H and O–H groups in total. The van der Waals surface area contributed by atoms with Crippen molar-refractivity contribution >= 4 is 10.0 Å². The van der Waals surface area contributed by atoms with Crippen LogP contribution in [0.3, 0.4) is 0 Å². The van der Waals surface area contributed by atoms with Gasteiger partial charge in [0.1, 0.15) is 0 Å². The Morgan fingerprint density at radius 3 is 2.50 bits per heavy atom. The summed E-state index contributed by atoms with van der Waals surface area (Å²) in [6, 6.07) is 0.384. The smallest absolute Gasteiger partial charge is 0.209 e. The fourth-order valence-corrected chi connectivity index (χ4v) is 3.42. The maximum absolute atomic E-state index is 11.2. The van der Waals surface area contributed by atoms with E-state index in [2.05, 4.69) is 23.9 Å². The third-order valence-corrected chi connectivity index (χ3v) is 3.91. The van der Waals surface area contributed by atoms with Crippen LogP contribution in [0.2, 0.25) is 0 Å². The lowest BCUT2D eigenvalue weighted by molar-refractivity contribution is -0.0632. The Morgan fingerprint density at radius 1 is 1.39 bits per heavy atom. The molecule has 1 saturated heterocycles. The van der Waals surface area contributed by atoms with Gasteiger partial charge in [-0.3, -0.25) is 0 Å². The monoisotopic (exact) mass is 278 g/mol. The largest absolute Gasteiger partial charge is 0.375 e. The number of hydrogen-bond donors (Lipinski definition) is 2. The second-order valence-electron chi connectivity index (χ2n) is 6.44. The number of nitrogens with one attached hydrogen (secondary N) is 2. The summed E-state index contributed by atoms with van der Waals surface area (Å²) in [7, 11) is -3.17. The van der Waals surface area contributed by atoms with Crippen molar-refractivity contribution in [1.82, 2.24) is 10.0 Å². The van der Waals surface area contributed by atoms with Crippen molar-refractivity contribution in [2.24, 2.45) is 0 Å². The molecule has 0 aliphatic carbocycles. The highest BCUT2D eigenvalue weighted by Crippen LogP contribution is 2.24. The maximum Gasteiger partial charge on any atom is 0.209 e. The average Bonchev–Trinajstić information content (AvgIpc) is 2.09. The number of hydrogen-bond acceptors (Lipinski definition) is 4. The van der Waals surface area contributed by atoms with Crippen molar-refractivity contribution in [2.75, 3.05) is 19.4 Å². The van der Waals surface area contributed by atoms with E-state index < -0.39 is 15.6 Å². The molecule has 0 amide bonds. The normalized spacial score (nSPS) is 25.1. The van der Waals surface area contributed by atoms with Crippen molar-refractivity contribution < 1.29 is 13.2 Å². The Balaban J connectivity index is 2.45. The van der Waals surface area contributed by atoms with E-state index in [4.69, 9.17) is 4.74 Å². The van der Waals surface area contributed by atoms with E-state index in [1.807, 2.05) is 13.8 Å². The summed E-state index contributed by atoms with van der Waals surface area (Å²) in [5.41, 5.74) is -0.569. The topological polar surface area (TPSA) is 67.4 Å². The van der Waals surface area contributed by atoms with Crippen LogP contribution in [0.4, 0.5) is 0 Å². The van der Waals surface area contributed by atoms with Gasteiger partial charge in [-0.25, -0.2) is 13.1 Å². The summed E-state index contributed by atoms with van der Waals surface area (Å²) in [6.07, 6.45) is 3.10. The number of rotatable bonds is 5. The minimum atomic E-state index is -3.17. The fraction of sp³-hybridized carbons (Fsp3) is 1.00. The summed E-state index contributed by atoms with van der Waals surface area (Å²) >= 11 is 0. The average molecular weight is 278 g/mol. The Bertz CT molecular complexity index is 377. The van der Waals surface area contributed by atoms with Crippen LogP contribution in [0.1, 0.15) is 40.5 Å². The van der Waals surface area contributed by atoms with E-state index in [0.717, 1.165) is 19.4 Å². The highest BCUT2D eigenvalue weighted by Gasteiger charge is 2.30. The summed E-state index contributed by atoms with van der Waals surface area (Å²) < 4.78 is 30.8. The van der Waals surface area contributed by atoms with E-state index in [0.29, 0.717) is 12.6 Å². The molecule has 0 aromatic carbocycles. The van der Waals surface area contributed by atoms with Gasteiger partial charge in [0, 0.05) is 24.7 Å². The molecule has 1 heterocycles. The highest BCUT2D eigenvalue weighted by atomic mass is 32.2. The van der Waals surface area contributed by atoms with Gasteiger partial charge in [0.15, 0.2) is 0 Å². The molecule has 0 spiro atoms. The van der Waals surface area contributed by atoms with Gasteiger partial charge in [0.05, 0.1) is 11.9 Å². The first-order chi connectivity index (χ1) is 7.99. The molecular formula is C12H26N2O3S. The molecule has 1 rings (SSSR count). The molecule has 6 heteroatoms. The fourth-order valence-electron chi connectivity index (χ4n) is 2.34. The lowest BCUT2D eigenvalue weighted by atomic mass is 9.93. The van der Waals surface area contributed by atoms with Crippen molar-refractivity contribution in [3.63, 3.8) is 0 Å². The van der Waals surface area contributed by atoms with Crippen LogP contribution < -0.4 is 10.0 Å². The third kappa shape index (κ3) is 6.13. The van der Waals surface area contributed by atoms with Gasteiger partial charge in [0.25, 0.3) is 0 Å². The number of sulfonamides is 1. The van der Waals surface area contributed by atoms with E-state index in [9.17, 15) is 8.42 Å². The van der Waals surface area contributed by atoms with Crippen LogP contribution >= 0.6 is 0 Å². The summed E-state index contributed by atoms with van der Waals surface area (Å²) in [4.78, 5) is 0. The first kappa shape index (κ1) is 15.9. The van der Waals surface area contributed by atoms with Gasteiger partial charge < -0.3 is 10.1 Å². The minimum absolute atomic E-state index is 0.0929. The predicted octanol–water partition coefficient (Wildman–Crippen LogP) is 0.861. The van der Waals surface area contributed by atoms with Gasteiger partial charge in [-0.2, -0.15) is 0 Å². The molecule has 0 bridgehead atoms. The summed E-state index contributed by atoms with van der Waals surface area (Å²) in [5, 5.41) is 3.43. The Kier molecular flexibility index (Phi) is 4.81. The molecule has 108 valence electrons. The van der Waals surface area contributed by atoms with E-state index in [-0.39, 0.29) is 5.60 Å². The molecule has 1 aliphatic heterocycles. The molecular weight excluding hydrogens is 252 g/mol. The molecule has 1 aliphatic rings. The van der Waals surface area contributed by atoms with Gasteiger partial charge in [0.2, 0.25) is 10.0 Å². The van der Waals surface area contributed by atoms with Crippen molar-refractivity contribution in [3.05, 3.63) is 0 Å². The molecule has 1 fully saturated rings. The molecule has 5 nitrogen and oxygen atoms in total. The molecule has 1 unspecified atom stereocenters. The van der Waals surface area contributed by atoms with Gasteiger partial charge >= 0.3 is 0 Å². The molecule has 0 aromatic heterocycles. The zero-order valence-electron chi connectivity index (χ0n) is 12.0. The maximum atomic E-state index is 11.2. The molecule has 0 saturated carbocycles. The van der Waals surface area contributed by atoms with E-state index in [1.54, 1.807) is 0 Å². The van der Waals surface area contributed by atoms with Crippen LogP contribution in [0.15, 0.2) is 0 Å². The van der Waals surface area contributed by atoms with Gasteiger partial charge in [-0.15, -0.1) is 0 Å². The molecule has 0 radical (unpaired) electrons. The Labute approximate surface area is 111 Å². The third-order valence-electron chi connectivity index (χ3n) is 2.99. The van der Waals surface area contributed by atoms with Crippen LogP contribution in [0.5, 0.6) is 0 Å². The highest BCUT2D eigenvalue weighted by molar-refractivity contribution is 7.88. The summed E-state index contributed by atoms with van der Waals surface area (Å²) in [5.74, 6) is 0. The lowest BCUT2D eigenvalue weighted by Crippen LogP contribution is -2.53. The van der Waals surface area contributed by atoms with Crippen molar-refractivity contribution in [2.45, 2.75) is 57.7 Å². The molecule has 0 aromatic rings.